The second-order valence-electron chi connectivity index (χ2n) is 2.66. The largest absolute Gasteiger partial charge is 0.419 e. The smallest absolute Gasteiger partial charge is 0.397 e. The Morgan fingerprint density at radius 1 is 1.33 bits per heavy atom. The van der Waals surface area contributed by atoms with Crippen LogP contribution < -0.4 is 11.3 Å². The molecule has 0 unspecified atom stereocenters. The van der Waals surface area contributed by atoms with Crippen LogP contribution in [0.15, 0.2) is 11.0 Å². The van der Waals surface area contributed by atoms with E-state index >= 15 is 0 Å². The van der Waals surface area contributed by atoms with Crippen LogP contribution in [0.3, 0.4) is 0 Å². The Morgan fingerprint density at radius 3 is 2.20 bits per heavy atom. The molecule has 0 aliphatic carbocycles. The molecule has 0 atom stereocenters. The van der Waals surface area contributed by atoms with Gasteiger partial charge in [-0.15, -0.1) is 0 Å². The molecule has 0 spiro atoms. The second kappa shape index (κ2) is 3.52. The first-order chi connectivity index (χ1) is 6.75. The Balaban J connectivity index is 3.61. The minimum atomic E-state index is -5.08. The predicted octanol–water partition coefficient (Wildman–Crippen LogP) is 1.91. The summed E-state index contributed by atoms with van der Waals surface area (Å²) >= 11 is 0. The molecule has 3 N–H and O–H groups in total. The van der Waals surface area contributed by atoms with Gasteiger partial charge in [0, 0.05) is 6.20 Å². The van der Waals surface area contributed by atoms with Crippen molar-refractivity contribution in [3.8, 4) is 0 Å². The molecule has 0 bridgehead atoms. The Labute approximate surface area is 79.7 Å². The van der Waals surface area contributed by atoms with Gasteiger partial charge in [-0.3, -0.25) is 4.79 Å². The summed E-state index contributed by atoms with van der Waals surface area (Å²) in [5.41, 5.74) is -0.963. The van der Waals surface area contributed by atoms with Crippen LogP contribution in [0.4, 0.5) is 27.6 Å². The lowest BCUT2D eigenvalue weighted by Gasteiger charge is -2.13. The maximum absolute atomic E-state index is 12.3. The molecular formula is C7H5F5N2O. The first kappa shape index (κ1) is 11.5. The lowest BCUT2D eigenvalue weighted by molar-refractivity contribution is -0.139. The van der Waals surface area contributed by atoms with E-state index in [1.54, 1.807) is 4.98 Å². The van der Waals surface area contributed by atoms with Gasteiger partial charge in [-0.25, -0.2) is 8.78 Å². The number of H-pyrrole nitrogens is 1. The molecule has 0 saturated heterocycles. The van der Waals surface area contributed by atoms with Crippen molar-refractivity contribution in [2.75, 3.05) is 5.73 Å². The fourth-order valence-electron chi connectivity index (χ4n) is 1.09. The number of nitrogen functional groups attached to an aromatic ring is 1. The van der Waals surface area contributed by atoms with Crippen LogP contribution in [0.25, 0.3) is 0 Å². The number of aromatic nitrogens is 1. The molecule has 15 heavy (non-hydrogen) atoms. The average molecular weight is 228 g/mol. The van der Waals surface area contributed by atoms with E-state index in [1.807, 2.05) is 0 Å². The summed E-state index contributed by atoms with van der Waals surface area (Å²) in [5, 5.41) is 0. The van der Waals surface area contributed by atoms with Crippen molar-refractivity contribution in [1.82, 2.24) is 4.98 Å². The lowest BCUT2D eigenvalue weighted by atomic mass is 10.1. The molecule has 1 rings (SSSR count). The number of rotatable bonds is 1. The Kier molecular flexibility index (Phi) is 2.69. The van der Waals surface area contributed by atoms with Gasteiger partial charge >= 0.3 is 6.18 Å². The lowest BCUT2D eigenvalue weighted by Crippen LogP contribution is -2.23. The molecule has 8 heteroatoms. The van der Waals surface area contributed by atoms with E-state index in [2.05, 4.69) is 0 Å². The molecule has 0 aliphatic heterocycles. The molecule has 3 nitrogen and oxygen atoms in total. The summed E-state index contributed by atoms with van der Waals surface area (Å²) in [6, 6.07) is 0. The van der Waals surface area contributed by atoms with Gasteiger partial charge in [-0.1, -0.05) is 0 Å². The zero-order chi connectivity index (χ0) is 11.8. The van der Waals surface area contributed by atoms with Crippen molar-refractivity contribution in [2.45, 2.75) is 12.6 Å². The molecule has 1 aromatic rings. The molecule has 0 fully saturated rings. The highest BCUT2D eigenvalue weighted by Crippen LogP contribution is 2.37. The number of pyridine rings is 1. The van der Waals surface area contributed by atoms with Crippen LogP contribution in [0.5, 0.6) is 0 Å². The highest BCUT2D eigenvalue weighted by molar-refractivity contribution is 5.50. The summed E-state index contributed by atoms with van der Waals surface area (Å²) in [6.07, 6.45) is -8.07. The topological polar surface area (TPSA) is 58.9 Å². The Hall–Kier alpha value is -1.60. The van der Waals surface area contributed by atoms with E-state index < -0.39 is 35.0 Å². The minimum absolute atomic E-state index is 0.539. The number of aromatic amines is 1. The summed E-state index contributed by atoms with van der Waals surface area (Å²) in [7, 11) is 0. The zero-order valence-corrected chi connectivity index (χ0v) is 7.03. The third-order valence-electron chi connectivity index (χ3n) is 1.66. The molecule has 84 valence electrons. The second-order valence-corrected chi connectivity index (χ2v) is 2.66. The fourth-order valence-corrected chi connectivity index (χ4v) is 1.09. The molecule has 1 aromatic heterocycles. The van der Waals surface area contributed by atoms with Crippen molar-refractivity contribution >= 4 is 5.69 Å². The summed E-state index contributed by atoms with van der Waals surface area (Å²) < 4.78 is 61.3. The van der Waals surface area contributed by atoms with Crippen molar-refractivity contribution in [3.63, 3.8) is 0 Å². The molecular weight excluding hydrogens is 223 g/mol. The fraction of sp³-hybridized carbons (Fsp3) is 0.286. The SMILES string of the molecule is Nc1c[nH]c(=O)c(C(F)F)c1C(F)(F)F. The van der Waals surface area contributed by atoms with E-state index in [1.165, 1.54) is 0 Å². The molecule has 0 amide bonds. The Morgan fingerprint density at radius 2 is 1.87 bits per heavy atom. The average Bonchev–Trinajstić information content (AvgIpc) is 2.05. The number of alkyl halides is 5. The van der Waals surface area contributed by atoms with E-state index in [0.29, 0.717) is 6.20 Å². The quantitative estimate of drug-likeness (QED) is 0.721. The van der Waals surface area contributed by atoms with Gasteiger partial charge in [-0.2, -0.15) is 13.2 Å². The van der Waals surface area contributed by atoms with Crippen molar-refractivity contribution in [1.29, 1.82) is 0 Å². The first-order valence-corrected chi connectivity index (χ1v) is 3.61. The molecule has 0 aliphatic rings. The van der Waals surface area contributed by atoms with Crippen LogP contribution in [0.2, 0.25) is 0 Å². The highest BCUT2D eigenvalue weighted by atomic mass is 19.4. The van der Waals surface area contributed by atoms with Crippen LogP contribution in [0, 0.1) is 0 Å². The van der Waals surface area contributed by atoms with E-state index in [-0.39, 0.29) is 0 Å². The van der Waals surface area contributed by atoms with Gasteiger partial charge in [0.25, 0.3) is 12.0 Å². The van der Waals surface area contributed by atoms with Crippen molar-refractivity contribution in [2.24, 2.45) is 0 Å². The normalized spacial score (nSPS) is 12.1. The standard InChI is InChI=1S/C7H5F5N2O/c8-5(9)3-4(7(10,11)12)2(13)1-14-6(3)15/h1,5H,13H2,(H,14,15). The maximum Gasteiger partial charge on any atom is 0.419 e. The molecule has 0 radical (unpaired) electrons. The summed E-state index contributed by atoms with van der Waals surface area (Å²) in [5.74, 6) is 0. The number of halogens is 5. The van der Waals surface area contributed by atoms with Crippen LogP contribution in [0.1, 0.15) is 17.6 Å². The van der Waals surface area contributed by atoms with Gasteiger partial charge in [-0.05, 0) is 0 Å². The summed E-state index contributed by atoms with van der Waals surface area (Å²) in [6.45, 7) is 0. The van der Waals surface area contributed by atoms with Crippen LogP contribution in [-0.4, -0.2) is 4.98 Å². The highest BCUT2D eigenvalue weighted by Gasteiger charge is 2.39. The van der Waals surface area contributed by atoms with Gasteiger partial charge in [0.2, 0.25) is 0 Å². The van der Waals surface area contributed by atoms with Crippen LogP contribution in [-0.2, 0) is 6.18 Å². The third kappa shape index (κ3) is 2.08. The third-order valence-corrected chi connectivity index (χ3v) is 1.66. The number of nitrogens with two attached hydrogens (primary N) is 1. The van der Waals surface area contributed by atoms with E-state index in [4.69, 9.17) is 5.73 Å². The first-order valence-electron chi connectivity index (χ1n) is 3.61. The van der Waals surface area contributed by atoms with Crippen molar-refractivity contribution in [3.05, 3.63) is 27.7 Å². The number of nitrogens with one attached hydrogen (secondary N) is 1. The molecule has 0 aromatic carbocycles. The van der Waals surface area contributed by atoms with E-state index in [0.717, 1.165) is 0 Å². The minimum Gasteiger partial charge on any atom is -0.397 e. The van der Waals surface area contributed by atoms with Gasteiger partial charge in [0.1, 0.15) is 0 Å². The molecule has 1 heterocycles. The number of hydrogen-bond acceptors (Lipinski definition) is 2. The van der Waals surface area contributed by atoms with Crippen LogP contribution >= 0.6 is 0 Å². The van der Waals surface area contributed by atoms with Gasteiger partial charge in [0.05, 0.1) is 16.8 Å². The molecule has 0 saturated carbocycles. The maximum atomic E-state index is 12.3. The summed E-state index contributed by atoms with van der Waals surface area (Å²) in [4.78, 5) is 12.5. The number of anilines is 1. The number of hydrogen-bond donors (Lipinski definition) is 2. The van der Waals surface area contributed by atoms with E-state index in [9.17, 15) is 26.7 Å². The van der Waals surface area contributed by atoms with Crippen molar-refractivity contribution < 1.29 is 22.0 Å². The predicted molar refractivity (Wildman–Crippen MR) is 41.4 cm³/mol. The monoisotopic (exact) mass is 228 g/mol. The zero-order valence-electron chi connectivity index (χ0n) is 7.03. The van der Waals surface area contributed by atoms with Gasteiger partial charge < -0.3 is 10.7 Å². The van der Waals surface area contributed by atoms with Gasteiger partial charge in [0.15, 0.2) is 0 Å². The Bertz CT molecular complexity index is 422.